The summed E-state index contributed by atoms with van der Waals surface area (Å²) in [7, 11) is 0. The molecule has 0 saturated heterocycles. The van der Waals surface area contributed by atoms with Gasteiger partial charge in [0.25, 0.3) is 0 Å². The normalized spacial score (nSPS) is 11.0. The lowest BCUT2D eigenvalue weighted by Gasteiger charge is -1.95. The average Bonchev–Trinajstić information content (AvgIpc) is 3.16. The standard InChI is InChI=1S/C15H10N4O/c1-2-4-10(5-3-1)14-18-19-15(20-14)11-6-7-12-13(8-11)17-9-16-12/h1-9H,(H,16,17). The molecule has 0 unspecified atom stereocenters. The van der Waals surface area contributed by atoms with E-state index in [0.717, 1.165) is 22.2 Å². The molecule has 5 heteroatoms. The Hall–Kier alpha value is -2.95. The molecule has 0 bridgehead atoms. The smallest absolute Gasteiger partial charge is 0.248 e. The maximum atomic E-state index is 5.72. The molecule has 0 aliphatic carbocycles. The molecule has 0 atom stereocenters. The van der Waals surface area contributed by atoms with E-state index in [1.807, 2.05) is 48.5 Å². The van der Waals surface area contributed by atoms with E-state index in [4.69, 9.17) is 4.42 Å². The molecule has 0 aliphatic heterocycles. The Kier molecular flexibility index (Phi) is 2.35. The Balaban J connectivity index is 1.77. The number of rotatable bonds is 2. The van der Waals surface area contributed by atoms with Crippen molar-refractivity contribution in [3.8, 4) is 22.9 Å². The van der Waals surface area contributed by atoms with Crippen molar-refractivity contribution >= 4 is 11.0 Å². The van der Waals surface area contributed by atoms with Gasteiger partial charge < -0.3 is 9.40 Å². The number of aromatic amines is 1. The second-order valence-electron chi connectivity index (χ2n) is 4.41. The van der Waals surface area contributed by atoms with Crippen molar-refractivity contribution in [2.24, 2.45) is 0 Å². The highest BCUT2D eigenvalue weighted by Gasteiger charge is 2.10. The lowest BCUT2D eigenvalue weighted by molar-refractivity contribution is 0.584. The maximum absolute atomic E-state index is 5.72. The summed E-state index contributed by atoms with van der Waals surface area (Å²) < 4.78 is 5.72. The van der Waals surface area contributed by atoms with Crippen molar-refractivity contribution < 1.29 is 4.42 Å². The van der Waals surface area contributed by atoms with Gasteiger partial charge in [-0.3, -0.25) is 0 Å². The third-order valence-electron chi connectivity index (χ3n) is 3.11. The predicted octanol–water partition coefficient (Wildman–Crippen LogP) is 3.28. The van der Waals surface area contributed by atoms with Crippen LogP contribution in [0.25, 0.3) is 33.9 Å². The zero-order valence-corrected chi connectivity index (χ0v) is 10.4. The number of nitrogens with zero attached hydrogens (tertiary/aromatic N) is 3. The summed E-state index contributed by atoms with van der Waals surface area (Å²) in [5.41, 5.74) is 3.64. The summed E-state index contributed by atoms with van der Waals surface area (Å²) in [6, 6.07) is 15.5. The molecule has 20 heavy (non-hydrogen) atoms. The van der Waals surface area contributed by atoms with Crippen LogP contribution in [0, 0.1) is 0 Å². The molecule has 2 heterocycles. The van der Waals surface area contributed by atoms with E-state index in [0.29, 0.717) is 11.8 Å². The van der Waals surface area contributed by atoms with E-state index in [1.54, 1.807) is 6.33 Å². The fraction of sp³-hybridized carbons (Fsp3) is 0. The highest BCUT2D eigenvalue weighted by atomic mass is 16.4. The first-order valence-corrected chi connectivity index (χ1v) is 6.22. The topological polar surface area (TPSA) is 67.6 Å². The van der Waals surface area contributed by atoms with Crippen LogP contribution in [-0.4, -0.2) is 20.2 Å². The summed E-state index contributed by atoms with van der Waals surface area (Å²) in [5, 5.41) is 8.19. The molecule has 1 N–H and O–H groups in total. The summed E-state index contributed by atoms with van der Waals surface area (Å²) in [6.45, 7) is 0. The van der Waals surface area contributed by atoms with Crippen LogP contribution >= 0.6 is 0 Å². The van der Waals surface area contributed by atoms with Crippen molar-refractivity contribution in [3.05, 3.63) is 54.9 Å². The minimum Gasteiger partial charge on any atom is -0.416 e. The SMILES string of the molecule is c1ccc(-c2nnc(-c3ccc4nc[nH]c4c3)o2)cc1. The highest BCUT2D eigenvalue weighted by Crippen LogP contribution is 2.25. The molecule has 4 rings (SSSR count). The first kappa shape index (κ1) is 10.9. The number of imidazole rings is 1. The number of hydrogen-bond donors (Lipinski definition) is 1. The van der Waals surface area contributed by atoms with Crippen LogP contribution in [0.3, 0.4) is 0 Å². The van der Waals surface area contributed by atoms with Gasteiger partial charge in [0.05, 0.1) is 17.4 Å². The van der Waals surface area contributed by atoms with Gasteiger partial charge in [0, 0.05) is 11.1 Å². The molecule has 5 nitrogen and oxygen atoms in total. The lowest BCUT2D eigenvalue weighted by Crippen LogP contribution is -1.78. The van der Waals surface area contributed by atoms with Gasteiger partial charge in [-0.05, 0) is 30.3 Å². The molecule has 0 aliphatic rings. The Morgan fingerprint density at radius 3 is 2.50 bits per heavy atom. The second kappa shape index (κ2) is 4.31. The van der Waals surface area contributed by atoms with Gasteiger partial charge in [0.15, 0.2) is 0 Å². The number of fused-ring (bicyclic) bond motifs is 1. The van der Waals surface area contributed by atoms with E-state index in [1.165, 1.54) is 0 Å². The maximum Gasteiger partial charge on any atom is 0.248 e. The van der Waals surface area contributed by atoms with E-state index < -0.39 is 0 Å². The number of benzene rings is 2. The molecular weight excluding hydrogens is 252 g/mol. The van der Waals surface area contributed by atoms with Crippen LogP contribution in [0.5, 0.6) is 0 Å². The first-order valence-electron chi connectivity index (χ1n) is 6.22. The van der Waals surface area contributed by atoms with Gasteiger partial charge in [-0.2, -0.15) is 0 Å². The zero-order valence-electron chi connectivity index (χ0n) is 10.4. The van der Waals surface area contributed by atoms with E-state index in [2.05, 4.69) is 20.2 Å². The summed E-state index contributed by atoms with van der Waals surface area (Å²) in [6.07, 6.45) is 1.66. The van der Waals surface area contributed by atoms with Crippen LogP contribution in [0.1, 0.15) is 0 Å². The van der Waals surface area contributed by atoms with Crippen LogP contribution in [0.4, 0.5) is 0 Å². The molecular formula is C15H10N4O. The summed E-state index contributed by atoms with van der Waals surface area (Å²) in [4.78, 5) is 7.25. The molecule has 0 amide bonds. The van der Waals surface area contributed by atoms with Gasteiger partial charge in [0.2, 0.25) is 11.8 Å². The predicted molar refractivity (Wildman–Crippen MR) is 74.8 cm³/mol. The summed E-state index contributed by atoms with van der Waals surface area (Å²) in [5.74, 6) is 1.02. The van der Waals surface area contributed by atoms with Gasteiger partial charge in [-0.15, -0.1) is 10.2 Å². The molecule has 2 aromatic heterocycles. The second-order valence-corrected chi connectivity index (χ2v) is 4.41. The molecule has 96 valence electrons. The van der Waals surface area contributed by atoms with Crippen LogP contribution in [-0.2, 0) is 0 Å². The molecule has 0 radical (unpaired) electrons. The zero-order chi connectivity index (χ0) is 13.4. The van der Waals surface area contributed by atoms with Gasteiger partial charge in [-0.25, -0.2) is 4.98 Å². The molecule has 2 aromatic carbocycles. The molecule has 0 fully saturated rings. The van der Waals surface area contributed by atoms with E-state index in [9.17, 15) is 0 Å². The number of nitrogens with one attached hydrogen (secondary N) is 1. The molecule has 0 spiro atoms. The third kappa shape index (κ3) is 1.76. The Bertz CT molecular complexity index is 864. The Morgan fingerprint density at radius 1 is 0.850 bits per heavy atom. The largest absolute Gasteiger partial charge is 0.416 e. The van der Waals surface area contributed by atoms with Gasteiger partial charge in [-0.1, -0.05) is 18.2 Å². The quantitative estimate of drug-likeness (QED) is 0.602. The highest BCUT2D eigenvalue weighted by molar-refractivity contribution is 5.79. The monoisotopic (exact) mass is 262 g/mol. The van der Waals surface area contributed by atoms with Crippen LogP contribution < -0.4 is 0 Å². The van der Waals surface area contributed by atoms with Crippen molar-refractivity contribution in [1.29, 1.82) is 0 Å². The van der Waals surface area contributed by atoms with E-state index >= 15 is 0 Å². The van der Waals surface area contributed by atoms with Crippen LogP contribution in [0.15, 0.2) is 59.3 Å². The minimum absolute atomic E-state index is 0.500. The number of H-pyrrole nitrogens is 1. The van der Waals surface area contributed by atoms with Gasteiger partial charge >= 0.3 is 0 Å². The van der Waals surface area contributed by atoms with Crippen molar-refractivity contribution in [2.75, 3.05) is 0 Å². The van der Waals surface area contributed by atoms with Crippen molar-refractivity contribution in [1.82, 2.24) is 20.2 Å². The Labute approximate surface area is 114 Å². The fourth-order valence-corrected chi connectivity index (χ4v) is 2.11. The molecule has 0 saturated carbocycles. The number of aromatic nitrogens is 4. The fourth-order valence-electron chi connectivity index (χ4n) is 2.11. The Morgan fingerprint density at radius 2 is 1.65 bits per heavy atom. The van der Waals surface area contributed by atoms with Crippen molar-refractivity contribution in [3.63, 3.8) is 0 Å². The minimum atomic E-state index is 0.500. The lowest BCUT2D eigenvalue weighted by atomic mass is 10.2. The first-order chi connectivity index (χ1) is 9.90. The molecule has 4 aromatic rings. The average molecular weight is 262 g/mol. The third-order valence-corrected chi connectivity index (χ3v) is 3.11. The van der Waals surface area contributed by atoms with E-state index in [-0.39, 0.29) is 0 Å². The van der Waals surface area contributed by atoms with Crippen LogP contribution in [0.2, 0.25) is 0 Å². The number of hydrogen-bond acceptors (Lipinski definition) is 4. The summed E-state index contributed by atoms with van der Waals surface area (Å²) >= 11 is 0. The van der Waals surface area contributed by atoms with Crippen molar-refractivity contribution in [2.45, 2.75) is 0 Å². The van der Waals surface area contributed by atoms with Gasteiger partial charge in [0.1, 0.15) is 0 Å².